The van der Waals surface area contributed by atoms with Crippen LogP contribution in [0.25, 0.3) is 10.4 Å². The van der Waals surface area contributed by atoms with Crippen LogP contribution in [-0.2, 0) is 10.0 Å². The van der Waals surface area contributed by atoms with Gasteiger partial charge in [-0.1, -0.05) is 30.3 Å². The number of aryl methyl sites for hydroxylation is 2. The molecule has 4 N–H and O–H groups in total. The van der Waals surface area contributed by atoms with Crippen LogP contribution in [-0.4, -0.2) is 35.6 Å². The zero-order valence-electron chi connectivity index (χ0n) is 14.8. The van der Waals surface area contributed by atoms with E-state index in [1.807, 2.05) is 6.07 Å². The lowest BCUT2D eigenvalue weighted by Gasteiger charge is -2.08. The minimum Gasteiger partial charge on any atom is -0.478 e. The van der Waals surface area contributed by atoms with Crippen LogP contribution < -0.4 is 4.72 Å². The Hall–Kier alpha value is -3.11. The molecule has 8 nitrogen and oxygen atoms in total. The minimum atomic E-state index is -4.34. The Morgan fingerprint density at radius 1 is 1.04 bits per heavy atom. The Bertz CT molecular complexity index is 1180. The lowest BCUT2D eigenvalue weighted by molar-refractivity contribution is 0.0685. The van der Waals surface area contributed by atoms with Crippen molar-refractivity contribution in [2.24, 2.45) is 0 Å². The number of anilines is 1. The van der Waals surface area contributed by atoms with Gasteiger partial charge in [-0.15, -0.1) is 11.3 Å². The van der Waals surface area contributed by atoms with Crippen LogP contribution in [0.3, 0.4) is 0 Å². The van der Waals surface area contributed by atoms with Crippen LogP contribution in [0.15, 0.2) is 41.3 Å². The third-order valence-corrected chi connectivity index (χ3v) is 6.74. The van der Waals surface area contributed by atoms with Crippen molar-refractivity contribution < 1.29 is 28.2 Å². The van der Waals surface area contributed by atoms with Gasteiger partial charge in [-0.2, -0.15) is 0 Å². The van der Waals surface area contributed by atoms with Gasteiger partial charge < -0.3 is 15.2 Å². The molecule has 0 saturated heterocycles. The fraction of sp³-hybridized carbons (Fsp3) is 0.111. The molecule has 0 unspecified atom stereocenters. The molecule has 10 heteroatoms. The first-order valence-electron chi connectivity index (χ1n) is 7.99. The van der Waals surface area contributed by atoms with E-state index < -0.39 is 26.9 Å². The van der Waals surface area contributed by atoms with E-state index in [0.29, 0.717) is 4.88 Å². The summed E-state index contributed by atoms with van der Waals surface area (Å²) in [5, 5.41) is 18.9. The molecule has 3 rings (SSSR count). The second-order valence-electron chi connectivity index (χ2n) is 6.01. The molecule has 0 aliphatic carbocycles. The summed E-state index contributed by atoms with van der Waals surface area (Å²) in [6, 6.07) is 10.4. The van der Waals surface area contributed by atoms with Crippen LogP contribution in [0.5, 0.6) is 0 Å². The Morgan fingerprint density at radius 3 is 2.25 bits per heavy atom. The number of aromatic nitrogens is 1. The molecule has 0 saturated carbocycles. The Kier molecular flexibility index (Phi) is 5.01. The van der Waals surface area contributed by atoms with Gasteiger partial charge in [-0.05, 0) is 25.5 Å². The molecular weight excluding hydrogens is 404 g/mol. The molecule has 3 aromatic rings. The molecule has 0 amide bonds. The fourth-order valence-electron chi connectivity index (χ4n) is 2.92. The minimum absolute atomic E-state index is 0.119. The molecule has 0 fully saturated rings. The maximum Gasteiger partial charge on any atom is 0.348 e. The van der Waals surface area contributed by atoms with E-state index >= 15 is 0 Å². The molecule has 0 aliphatic rings. The van der Waals surface area contributed by atoms with Crippen LogP contribution in [0, 0.1) is 13.8 Å². The van der Waals surface area contributed by atoms with E-state index in [9.17, 15) is 28.2 Å². The molecule has 1 aromatic carbocycles. The maximum absolute atomic E-state index is 12.9. The van der Waals surface area contributed by atoms with Crippen molar-refractivity contribution >= 4 is 39.0 Å². The molecule has 0 spiro atoms. The molecule has 0 bridgehead atoms. The highest BCUT2D eigenvalue weighted by atomic mass is 32.2. The number of aromatic amines is 1. The second kappa shape index (κ2) is 7.13. The van der Waals surface area contributed by atoms with Crippen LogP contribution >= 0.6 is 11.3 Å². The summed E-state index contributed by atoms with van der Waals surface area (Å²) in [7, 11) is -4.34. The highest BCUT2D eigenvalue weighted by molar-refractivity contribution is 7.92. The van der Waals surface area contributed by atoms with Crippen molar-refractivity contribution in [2.75, 3.05) is 4.72 Å². The van der Waals surface area contributed by atoms with Crippen LogP contribution in [0.2, 0.25) is 0 Å². The summed E-state index contributed by atoms with van der Waals surface area (Å²) in [4.78, 5) is 25.8. The third kappa shape index (κ3) is 3.51. The molecular formula is C18H16N2O6S2. The standard InChI is InChI=1S/C18H16N2O6S2/c1-9-14(17(21)22)16(10(2)19-9)28(25,26)20-12-8-13(27-15(12)18(23)24)11-6-4-3-5-7-11/h3-8,19-20H,1-2H3,(H,21,22)(H,23,24). The van der Waals surface area contributed by atoms with Crippen molar-refractivity contribution in [1.82, 2.24) is 4.98 Å². The number of H-pyrrole nitrogens is 1. The number of carboxylic acids is 2. The lowest BCUT2D eigenvalue weighted by atomic mass is 10.2. The fourth-order valence-corrected chi connectivity index (χ4v) is 5.46. The van der Waals surface area contributed by atoms with Gasteiger partial charge >= 0.3 is 11.9 Å². The largest absolute Gasteiger partial charge is 0.478 e. The highest BCUT2D eigenvalue weighted by Crippen LogP contribution is 2.36. The molecule has 146 valence electrons. The van der Waals surface area contributed by atoms with Gasteiger partial charge in [0.2, 0.25) is 0 Å². The van der Waals surface area contributed by atoms with Crippen LogP contribution in [0.1, 0.15) is 31.4 Å². The normalized spacial score (nSPS) is 11.4. The summed E-state index contributed by atoms with van der Waals surface area (Å²) < 4.78 is 28.0. The Balaban J connectivity index is 2.10. The topological polar surface area (TPSA) is 137 Å². The van der Waals surface area contributed by atoms with E-state index in [1.54, 1.807) is 24.3 Å². The summed E-state index contributed by atoms with van der Waals surface area (Å²) >= 11 is 0.926. The number of aromatic carboxylic acids is 2. The highest BCUT2D eigenvalue weighted by Gasteiger charge is 2.30. The summed E-state index contributed by atoms with van der Waals surface area (Å²) in [5.41, 5.74) is 0.587. The summed E-state index contributed by atoms with van der Waals surface area (Å²) in [6.07, 6.45) is 0. The van der Waals surface area contributed by atoms with Crippen molar-refractivity contribution in [3.8, 4) is 10.4 Å². The lowest BCUT2D eigenvalue weighted by Crippen LogP contribution is -2.17. The Labute approximate surface area is 164 Å². The number of hydrogen-bond acceptors (Lipinski definition) is 5. The van der Waals surface area contributed by atoms with E-state index in [0.717, 1.165) is 16.9 Å². The van der Waals surface area contributed by atoms with E-state index in [4.69, 9.17) is 0 Å². The zero-order chi connectivity index (χ0) is 20.6. The Morgan fingerprint density at radius 2 is 1.68 bits per heavy atom. The van der Waals surface area contributed by atoms with Gasteiger partial charge in [-0.25, -0.2) is 18.0 Å². The predicted molar refractivity (Wildman–Crippen MR) is 105 cm³/mol. The molecule has 0 atom stereocenters. The first-order chi connectivity index (χ1) is 13.1. The SMILES string of the molecule is Cc1[nH]c(C)c(S(=O)(=O)Nc2cc(-c3ccccc3)sc2C(=O)O)c1C(=O)O. The first kappa shape index (κ1) is 19.6. The average molecular weight is 420 g/mol. The summed E-state index contributed by atoms with van der Waals surface area (Å²) in [5.74, 6) is -2.68. The molecule has 2 heterocycles. The number of nitrogens with one attached hydrogen (secondary N) is 2. The van der Waals surface area contributed by atoms with E-state index in [1.165, 1.54) is 19.9 Å². The first-order valence-corrected chi connectivity index (χ1v) is 10.3. The third-order valence-electron chi connectivity index (χ3n) is 4.03. The molecule has 28 heavy (non-hydrogen) atoms. The number of benzene rings is 1. The van der Waals surface area contributed by atoms with Gasteiger partial charge in [0.25, 0.3) is 10.0 Å². The van der Waals surface area contributed by atoms with Gasteiger partial charge in [0.15, 0.2) is 0 Å². The van der Waals surface area contributed by atoms with Gasteiger partial charge in [0, 0.05) is 16.3 Å². The maximum atomic E-state index is 12.9. The number of sulfonamides is 1. The number of hydrogen-bond donors (Lipinski definition) is 4. The smallest absolute Gasteiger partial charge is 0.348 e. The number of rotatable bonds is 6. The quantitative estimate of drug-likeness (QED) is 0.481. The van der Waals surface area contributed by atoms with Crippen molar-refractivity contribution in [3.05, 3.63) is 58.2 Å². The summed E-state index contributed by atoms with van der Waals surface area (Å²) in [6.45, 7) is 2.89. The predicted octanol–water partition coefficient (Wildman–Crippen LogP) is 3.56. The number of thiophene rings is 1. The average Bonchev–Trinajstić information content (AvgIpc) is 3.16. The van der Waals surface area contributed by atoms with Crippen molar-refractivity contribution in [3.63, 3.8) is 0 Å². The molecule has 0 radical (unpaired) electrons. The second-order valence-corrected chi connectivity index (χ2v) is 8.69. The number of carbonyl (C=O) groups is 2. The van der Waals surface area contributed by atoms with Gasteiger partial charge in [-0.3, -0.25) is 4.72 Å². The van der Waals surface area contributed by atoms with Crippen molar-refractivity contribution in [1.29, 1.82) is 0 Å². The van der Waals surface area contributed by atoms with E-state index in [2.05, 4.69) is 9.71 Å². The van der Waals surface area contributed by atoms with Gasteiger partial charge in [0.1, 0.15) is 15.3 Å². The van der Waals surface area contributed by atoms with Crippen molar-refractivity contribution in [2.45, 2.75) is 18.7 Å². The monoisotopic (exact) mass is 420 g/mol. The molecule has 0 aliphatic heterocycles. The van der Waals surface area contributed by atoms with E-state index in [-0.39, 0.29) is 27.5 Å². The zero-order valence-corrected chi connectivity index (χ0v) is 16.4. The van der Waals surface area contributed by atoms with Crippen LogP contribution in [0.4, 0.5) is 5.69 Å². The molecule has 2 aromatic heterocycles. The number of carboxylic acid groups (broad SMARTS) is 2. The van der Waals surface area contributed by atoms with Gasteiger partial charge in [0.05, 0.1) is 5.69 Å².